The minimum Gasteiger partial charge on any atom is -0.144 e. The highest BCUT2D eigenvalue weighted by Crippen LogP contribution is 2.52. The van der Waals surface area contributed by atoms with Gasteiger partial charge in [-0.2, -0.15) is 0 Å². The van der Waals surface area contributed by atoms with Crippen LogP contribution in [0, 0.1) is 0 Å². The van der Waals surface area contributed by atoms with Gasteiger partial charge in [-0.15, -0.1) is 11.8 Å². The van der Waals surface area contributed by atoms with Crippen LogP contribution in [0.3, 0.4) is 0 Å². The largest absolute Gasteiger partial charge is 0.144 e. The number of rotatable bonds is 8. The van der Waals surface area contributed by atoms with Gasteiger partial charge < -0.3 is 0 Å². The molecule has 0 aliphatic carbocycles. The first-order valence-corrected chi connectivity index (χ1v) is 12.0. The molecule has 0 radical (unpaired) electrons. The Bertz CT molecular complexity index is 942. The van der Waals surface area contributed by atoms with Gasteiger partial charge in [0.05, 0.1) is 0 Å². The van der Waals surface area contributed by atoms with E-state index in [0.717, 1.165) is 0 Å². The van der Waals surface area contributed by atoms with Crippen molar-refractivity contribution in [3.8, 4) is 0 Å². The van der Waals surface area contributed by atoms with Crippen LogP contribution in [-0.2, 0) is 0 Å². The molecule has 4 atom stereocenters. The summed E-state index contributed by atoms with van der Waals surface area (Å²) in [5.41, 5.74) is 5.57. The molecule has 31 heavy (non-hydrogen) atoms. The highest BCUT2D eigenvalue weighted by atomic mass is 32.2. The smallest absolute Gasteiger partial charge is 0.0369 e. The minimum absolute atomic E-state index is 0.361. The van der Waals surface area contributed by atoms with E-state index in [4.69, 9.17) is 0 Å². The molecule has 0 heterocycles. The summed E-state index contributed by atoms with van der Waals surface area (Å²) in [6, 6.07) is 43.9. The molecule has 0 N–H and O–H groups in total. The third-order valence-electron chi connectivity index (χ3n) is 6.11. The Labute approximate surface area is 191 Å². The maximum atomic E-state index is 2.37. The van der Waals surface area contributed by atoms with Gasteiger partial charge >= 0.3 is 0 Å². The zero-order valence-electron chi connectivity index (χ0n) is 18.3. The van der Waals surface area contributed by atoms with E-state index in [0.29, 0.717) is 22.3 Å². The van der Waals surface area contributed by atoms with Crippen molar-refractivity contribution in [2.24, 2.45) is 0 Å². The van der Waals surface area contributed by atoms with E-state index in [2.05, 4.69) is 147 Å². The zero-order chi connectivity index (χ0) is 21.5. The second kappa shape index (κ2) is 10.5. The van der Waals surface area contributed by atoms with Crippen LogP contribution in [0.1, 0.15) is 58.4 Å². The van der Waals surface area contributed by atoms with E-state index in [-0.39, 0.29) is 0 Å². The molecule has 1 heteroatoms. The molecule has 0 aliphatic heterocycles. The molecule has 0 spiro atoms. The number of hydrogen-bond acceptors (Lipinski definition) is 1. The maximum Gasteiger partial charge on any atom is 0.0369 e. The lowest BCUT2D eigenvalue weighted by Crippen LogP contribution is -2.12. The van der Waals surface area contributed by atoms with Gasteiger partial charge in [-0.05, 0) is 34.1 Å². The van der Waals surface area contributed by atoms with E-state index in [9.17, 15) is 0 Å². The molecule has 4 rings (SSSR count). The van der Waals surface area contributed by atoms with Gasteiger partial charge in [0.25, 0.3) is 0 Å². The minimum atomic E-state index is 0.361. The highest BCUT2D eigenvalue weighted by Gasteiger charge is 2.29. The van der Waals surface area contributed by atoms with Crippen molar-refractivity contribution in [3.63, 3.8) is 0 Å². The molecule has 156 valence electrons. The SMILES string of the molecule is CC(c1ccccc1)C(SC(c1ccccc1)C(C)c1ccccc1)c1ccccc1. The third kappa shape index (κ3) is 5.29. The standard InChI is InChI=1S/C30H30S/c1-23(25-15-7-3-8-16-25)29(27-19-11-5-12-20-27)31-30(28-21-13-6-14-22-28)24(2)26-17-9-4-10-18-26/h3-24,29-30H,1-2H3. The number of benzene rings is 4. The van der Waals surface area contributed by atoms with Gasteiger partial charge in [0.1, 0.15) is 0 Å². The van der Waals surface area contributed by atoms with E-state index >= 15 is 0 Å². The molecule has 4 aromatic carbocycles. The van der Waals surface area contributed by atoms with E-state index in [1.807, 2.05) is 0 Å². The molecule has 0 fully saturated rings. The van der Waals surface area contributed by atoms with Crippen LogP contribution in [0.2, 0.25) is 0 Å². The second-order valence-electron chi connectivity index (χ2n) is 8.20. The fourth-order valence-corrected chi connectivity index (χ4v) is 6.01. The lowest BCUT2D eigenvalue weighted by molar-refractivity contribution is 0.704. The summed E-state index contributed by atoms with van der Waals surface area (Å²) in [5, 5.41) is 0.722. The average molecular weight is 423 g/mol. The van der Waals surface area contributed by atoms with Crippen molar-refractivity contribution in [1.29, 1.82) is 0 Å². The van der Waals surface area contributed by atoms with Crippen molar-refractivity contribution in [3.05, 3.63) is 144 Å². The summed E-state index contributed by atoms with van der Waals surface area (Å²) in [6.07, 6.45) is 0. The Morgan fingerprint density at radius 3 is 0.935 bits per heavy atom. The van der Waals surface area contributed by atoms with Gasteiger partial charge in [-0.25, -0.2) is 0 Å². The van der Waals surface area contributed by atoms with Gasteiger partial charge in [0.15, 0.2) is 0 Å². The first kappa shape index (κ1) is 21.5. The van der Waals surface area contributed by atoms with Crippen molar-refractivity contribution < 1.29 is 0 Å². The van der Waals surface area contributed by atoms with E-state index < -0.39 is 0 Å². The van der Waals surface area contributed by atoms with Crippen LogP contribution in [0.4, 0.5) is 0 Å². The molecule has 0 aliphatic rings. The molecule has 0 amide bonds. The molecule has 0 nitrogen and oxygen atoms in total. The van der Waals surface area contributed by atoms with E-state index in [1.165, 1.54) is 22.3 Å². The Kier molecular flexibility index (Phi) is 7.27. The number of thioether (sulfide) groups is 1. The van der Waals surface area contributed by atoms with Gasteiger partial charge in [-0.1, -0.05) is 135 Å². The Morgan fingerprint density at radius 1 is 0.387 bits per heavy atom. The molecule has 4 aromatic rings. The van der Waals surface area contributed by atoms with Gasteiger partial charge in [-0.3, -0.25) is 0 Å². The molecule has 0 bridgehead atoms. The van der Waals surface area contributed by atoms with Crippen molar-refractivity contribution in [2.75, 3.05) is 0 Å². The number of hydrogen-bond donors (Lipinski definition) is 0. The van der Waals surface area contributed by atoms with Crippen LogP contribution < -0.4 is 0 Å². The maximum absolute atomic E-state index is 2.37. The monoisotopic (exact) mass is 422 g/mol. The Hall–Kier alpha value is -2.77. The Balaban J connectivity index is 1.73. The summed E-state index contributed by atoms with van der Waals surface area (Å²) < 4.78 is 0. The first-order valence-electron chi connectivity index (χ1n) is 11.1. The summed E-state index contributed by atoms with van der Waals surface area (Å²) in [4.78, 5) is 0. The van der Waals surface area contributed by atoms with Crippen molar-refractivity contribution in [2.45, 2.75) is 36.2 Å². The molecule has 4 unspecified atom stereocenters. The molecular formula is C30H30S. The lowest BCUT2D eigenvalue weighted by Gasteiger charge is -2.32. The van der Waals surface area contributed by atoms with Gasteiger partial charge in [0.2, 0.25) is 0 Å². The predicted octanol–water partition coefficient (Wildman–Crippen LogP) is 8.81. The normalized spacial score (nSPS) is 15.0. The quantitative estimate of drug-likeness (QED) is 0.273. The third-order valence-corrected chi connectivity index (χ3v) is 8.06. The zero-order valence-corrected chi connectivity index (χ0v) is 19.1. The van der Waals surface area contributed by atoms with Crippen LogP contribution in [0.5, 0.6) is 0 Å². The van der Waals surface area contributed by atoms with Crippen molar-refractivity contribution in [1.82, 2.24) is 0 Å². The second-order valence-corrected chi connectivity index (χ2v) is 9.49. The van der Waals surface area contributed by atoms with Crippen LogP contribution in [0.15, 0.2) is 121 Å². The van der Waals surface area contributed by atoms with Crippen LogP contribution in [-0.4, -0.2) is 0 Å². The summed E-state index contributed by atoms with van der Waals surface area (Å²) in [7, 11) is 0. The fourth-order valence-electron chi connectivity index (χ4n) is 4.28. The Morgan fingerprint density at radius 2 is 0.645 bits per heavy atom. The predicted molar refractivity (Wildman–Crippen MR) is 136 cm³/mol. The van der Waals surface area contributed by atoms with Gasteiger partial charge in [0, 0.05) is 10.5 Å². The first-order chi connectivity index (χ1) is 15.2. The molecule has 0 saturated carbocycles. The van der Waals surface area contributed by atoms with Crippen molar-refractivity contribution >= 4 is 11.8 Å². The fraction of sp³-hybridized carbons (Fsp3) is 0.200. The summed E-state index contributed by atoms with van der Waals surface area (Å²) in [5.74, 6) is 0.811. The lowest BCUT2D eigenvalue weighted by atomic mass is 9.92. The topological polar surface area (TPSA) is 0 Å². The highest BCUT2D eigenvalue weighted by molar-refractivity contribution is 7.99. The molecule has 0 aromatic heterocycles. The van der Waals surface area contributed by atoms with E-state index in [1.54, 1.807) is 0 Å². The van der Waals surface area contributed by atoms with Crippen LogP contribution in [0.25, 0.3) is 0 Å². The van der Waals surface area contributed by atoms with Crippen LogP contribution >= 0.6 is 11.8 Å². The molecular weight excluding hydrogens is 392 g/mol. The molecule has 0 saturated heterocycles. The summed E-state index contributed by atoms with van der Waals surface area (Å²) in [6.45, 7) is 4.74. The summed E-state index contributed by atoms with van der Waals surface area (Å²) >= 11 is 2.10. The average Bonchev–Trinajstić information content (AvgIpc) is 2.86.